The maximum Gasteiger partial charge on any atom is 0.573 e. The number of para-hydroxylation sites is 1. The molecule has 1 N–H and O–H groups in total. The fraction of sp³-hybridized carbons (Fsp3) is 0.125. The van der Waals surface area contributed by atoms with E-state index < -0.39 is 24.1 Å². The van der Waals surface area contributed by atoms with Gasteiger partial charge in [-0.2, -0.15) is 0 Å². The monoisotopic (exact) mass is 340 g/mol. The Kier molecular flexibility index (Phi) is 4.77. The minimum atomic E-state index is -4.91. The molecule has 2 aromatic rings. The summed E-state index contributed by atoms with van der Waals surface area (Å²) in [5.74, 6) is -2.66. The number of methoxy groups -OCH3 is 1. The smallest absolute Gasteiger partial charge is 0.478 e. The number of halogens is 3. The Morgan fingerprint density at radius 2 is 1.67 bits per heavy atom. The normalized spacial score (nSPS) is 11.0. The highest BCUT2D eigenvalue weighted by Gasteiger charge is 2.32. The van der Waals surface area contributed by atoms with Crippen molar-refractivity contribution < 1.29 is 37.3 Å². The van der Waals surface area contributed by atoms with Gasteiger partial charge in [-0.05, 0) is 29.8 Å². The minimum absolute atomic E-state index is 0.0110. The summed E-state index contributed by atoms with van der Waals surface area (Å²) in [4.78, 5) is 22.9. The molecule has 0 atom stereocenters. The van der Waals surface area contributed by atoms with E-state index in [4.69, 9.17) is 5.11 Å². The summed E-state index contributed by atoms with van der Waals surface area (Å²) in [5, 5.41) is 9.13. The largest absolute Gasteiger partial charge is 0.573 e. The van der Waals surface area contributed by atoms with Crippen LogP contribution in [-0.4, -0.2) is 30.5 Å². The van der Waals surface area contributed by atoms with Crippen LogP contribution in [0.2, 0.25) is 0 Å². The van der Waals surface area contributed by atoms with Crippen molar-refractivity contribution in [1.29, 1.82) is 0 Å². The first-order valence-corrected chi connectivity index (χ1v) is 6.53. The lowest BCUT2D eigenvalue weighted by molar-refractivity contribution is -0.274. The van der Waals surface area contributed by atoms with E-state index in [-0.39, 0.29) is 22.3 Å². The Bertz CT molecular complexity index is 784. The van der Waals surface area contributed by atoms with Gasteiger partial charge >= 0.3 is 18.3 Å². The van der Waals surface area contributed by atoms with Gasteiger partial charge in [0.05, 0.1) is 18.2 Å². The van der Waals surface area contributed by atoms with Gasteiger partial charge < -0.3 is 14.6 Å². The van der Waals surface area contributed by atoms with Crippen LogP contribution in [-0.2, 0) is 4.74 Å². The molecule has 0 heterocycles. The van der Waals surface area contributed by atoms with E-state index in [1.54, 1.807) is 0 Å². The Hall–Kier alpha value is -3.03. The summed E-state index contributed by atoms with van der Waals surface area (Å²) >= 11 is 0. The quantitative estimate of drug-likeness (QED) is 0.859. The molecule has 0 bridgehead atoms. The predicted molar refractivity (Wildman–Crippen MR) is 76.9 cm³/mol. The van der Waals surface area contributed by atoms with E-state index in [9.17, 15) is 22.8 Å². The van der Waals surface area contributed by atoms with E-state index in [1.165, 1.54) is 24.3 Å². The lowest BCUT2D eigenvalue weighted by Gasteiger charge is -2.14. The van der Waals surface area contributed by atoms with Crippen molar-refractivity contribution >= 4 is 11.9 Å². The van der Waals surface area contributed by atoms with Gasteiger partial charge in [0.15, 0.2) is 0 Å². The molecule has 126 valence electrons. The number of carboxylic acid groups (broad SMARTS) is 1. The fourth-order valence-corrected chi connectivity index (χ4v) is 2.06. The Morgan fingerprint density at radius 3 is 2.25 bits per heavy atom. The number of benzene rings is 2. The summed E-state index contributed by atoms with van der Waals surface area (Å²) in [5.41, 5.74) is -0.304. The Morgan fingerprint density at radius 1 is 1.04 bits per heavy atom. The molecule has 2 aromatic carbocycles. The average molecular weight is 340 g/mol. The highest BCUT2D eigenvalue weighted by Crippen LogP contribution is 2.34. The molecule has 0 radical (unpaired) electrons. The second kappa shape index (κ2) is 6.61. The third kappa shape index (κ3) is 4.03. The number of hydrogen-bond acceptors (Lipinski definition) is 4. The van der Waals surface area contributed by atoms with Gasteiger partial charge in [0, 0.05) is 5.56 Å². The molecule has 2 rings (SSSR count). The predicted octanol–water partition coefficient (Wildman–Crippen LogP) is 3.74. The van der Waals surface area contributed by atoms with E-state index >= 15 is 0 Å². The number of carboxylic acids is 1. The molecular formula is C16H11F3O5. The zero-order chi connectivity index (χ0) is 17.9. The summed E-state index contributed by atoms with van der Waals surface area (Å²) < 4.78 is 46.0. The summed E-state index contributed by atoms with van der Waals surface area (Å²) in [7, 11) is 1.11. The van der Waals surface area contributed by atoms with Gasteiger partial charge in [-0.25, -0.2) is 9.59 Å². The Labute approximate surface area is 134 Å². The molecule has 0 aromatic heterocycles. The van der Waals surface area contributed by atoms with Crippen molar-refractivity contribution in [3.8, 4) is 16.9 Å². The SMILES string of the molecule is COC(=O)c1cc(C(=O)O)cc(-c2ccccc2OC(F)(F)F)c1. The van der Waals surface area contributed by atoms with Crippen molar-refractivity contribution in [1.82, 2.24) is 0 Å². The number of esters is 1. The summed E-state index contributed by atoms with van der Waals surface area (Å²) in [6, 6.07) is 8.67. The molecule has 0 fully saturated rings. The number of aromatic carboxylic acids is 1. The summed E-state index contributed by atoms with van der Waals surface area (Å²) in [6.07, 6.45) is -4.91. The molecule has 0 amide bonds. The van der Waals surface area contributed by atoms with E-state index in [2.05, 4.69) is 9.47 Å². The van der Waals surface area contributed by atoms with Crippen LogP contribution in [0.4, 0.5) is 13.2 Å². The zero-order valence-electron chi connectivity index (χ0n) is 12.3. The van der Waals surface area contributed by atoms with Crippen LogP contribution in [0.3, 0.4) is 0 Å². The maximum absolute atomic E-state index is 12.5. The van der Waals surface area contributed by atoms with Crippen LogP contribution in [0.1, 0.15) is 20.7 Å². The van der Waals surface area contributed by atoms with Crippen LogP contribution in [0.25, 0.3) is 11.1 Å². The number of carbonyl (C=O) groups excluding carboxylic acids is 1. The number of hydrogen-bond donors (Lipinski definition) is 1. The number of ether oxygens (including phenoxy) is 2. The third-order valence-corrected chi connectivity index (χ3v) is 3.02. The third-order valence-electron chi connectivity index (χ3n) is 3.02. The Balaban J connectivity index is 2.62. The van der Waals surface area contributed by atoms with E-state index in [0.717, 1.165) is 25.3 Å². The number of rotatable bonds is 4. The molecule has 0 saturated carbocycles. The van der Waals surface area contributed by atoms with Crippen molar-refractivity contribution in [3.63, 3.8) is 0 Å². The lowest BCUT2D eigenvalue weighted by Crippen LogP contribution is -2.17. The average Bonchev–Trinajstić information content (AvgIpc) is 2.52. The van der Waals surface area contributed by atoms with Gasteiger partial charge in [0.25, 0.3) is 0 Å². The summed E-state index contributed by atoms with van der Waals surface area (Å²) in [6.45, 7) is 0. The van der Waals surface area contributed by atoms with Crippen molar-refractivity contribution in [2.75, 3.05) is 7.11 Å². The second-order valence-electron chi connectivity index (χ2n) is 4.64. The number of alkyl halides is 3. The molecule has 0 unspecified atom stereocenters. The second-order valence-corrected chi connectivity index (χ2v) is 4.64. The molecule has 0 aliphatic rings. The molecule has 0 aliphatic heterocycles. The van der Waals surface area contributed by atoms with Gasteiger partial charge in [0.1, 0.15) is 5.75 Å². The van der Waals surface area contributed by atoms with Gasteiger partial charge in [-0.15, -0.1) is 13.2 Å². The van der Waals surface area contributed by atoms with Crippen LogP contribution in [0.15, 0.2) is 42.5 Å². The molecule has 5 nitrogen and oxygen atoms in total. The first-order valence-electron chi connectivity index (χ1n) is 6.53. The van der Waals surface area contributed by atoms with Gasteiger partial charge in [-0.3, -0.25) is 0 Å². The molecule has 0 aliphatic carbocycles. The van der Waals surface area contributed by atoms with Crippen LogP contribution >= 0.6 is 0 Å². The highest BCUT2D eigenvalue weighted by atomic mass is 19.4. The maximum atomic E-state index is 12.5. The highest BCUT2D eigenvalue weighted by molar-refractivity contribution is 5.97. The van der Waals surface area contributed by atoms with Crippen molar-refractivity contribution in [2.24, 2.45) is 0 Å². The standard InChI is InChI=1S/C16H11F3O5/c1-23-15(22)11-7-9(6-10(8-11)14(20)21)12-4-2-3-5-13(12)24-16(17,18)19/h2-8H,1H3,(H,20,21). The first-order chi connectivity index (χ1) is 11.2. The van der Waals surface area contributed by atoms with Crippen LogP contribution in [0.5, 0.6) is 5.75 Å². The topological polar surface area (TPSA) is 72.8 Å². The zero-order valence-corrected chi connectivity index (χ0v) is 12.3. The fourth-order valence-electron chi connectivity index (χ4n) is 2.06. The van der Waals surface area contributed by atoms with Gasteiger partial charge in [-0.1, -0.05) is 18.2 Å². The molecular weight excluding hydrogens is 329 g/mol. The molecule has 24 heavy (non-hydrogen) atoms. The van der Waals surface area contributed by atoms with Gasteiger partial charge in [0.2, 0.25) is 0 Å². The first kappa shape index (κ1) is 17.3. The molecule has 0 spiro atoms. The minimum Gasteiger partial charge on any atom is -0.478 e. The molecule has 8 heteroatoms. The van der Waals surface area contributed by atoms with Crippen LogP contribution in [0, 0.1) is 0 Å². The van der Waals surface area contributed by atoms with Crippen molar-refractivity contribution in [2.45, 2.75) is 6.36 Å². The van der Waals surface area contributed by atoms with E-state index in [1.807, 2.05) is 0 Å². The molecule has 0 saturated heterocycles. The van der Waals surface area contributed by atoms with E-state index in [0.29, 0.717) is 0 Å². The number of carbonyl (C=O) groups is 2. The lowest BCUT2D eigenvalue weighted by atomic mass is 9.99. The van der Waals surface area contributed by atoms with Crippen molar-refractivity contribution in [3.05, 3.63) is 53.6 Å². The van der Waals surface area contributed by atoms with Crippen LogP contribution < -0.4 is 4.74 Å².